The van der Waals surface area contributed by atoms with Crippen LogP contribution in [0, 0.1) is 6.92 Å². The van der Waals surface area contributed by atoms with E-state index in [1.54, 1.807) is 12.1 Å². The van der Waals surface area contributed by atoms with Crippen molar-refractivity contribution in [3.8, 4) is 0 Å². The van der Waals surface area contributed by atoms with Gasteiger partial charge in [-0.25, -0.2) is 0 Å². The van der Waals surface area contributed by atoms with Gasteiger partial charge in [0.2, 0.25) is 0 Å². The van der Waals surface area contributed by atoms with Gasteiger partial charge in [0.15, 0.2) is 0 Å². The molecule has 202 valence electrons. The van der Waals surface area contributed by atoms with E-state index in [1.807, 2.05) is 27.7 Å². The van der Waals surface area contributed by atoms with Crippen LogP contribution in [0.15, 0.2) is 29.2 Å². The van der Waals surface area contributed by atoms with Crippen molar-refractivity contribution in [3.05, 3.63) is 29.8 Å². The summed E-state index contributed by atoms with van der Waals surface area (Å²) in [6, 6.07) is 5.92. The average molecular weight is 518 g/mol. The standard InChI is InChI=1S/C25H43NO8S/c1-21-10-12-22(13-11-21)35(28,29)33-20-19-32-18-17-31-16-15-30-14-8-6-5-7-9-23(26)24(27)34-25(2,3)4/h10-13,23H,5-9,14-20,26H2,1-4H3. The topological polar surface area (TPSA) is 123 Å². The summed E-state index contributed by atoms with van der Waals surface area (Å²) in [5, 5.41) is 0. The molecule has 0 aromatic heterocycles. The summed E-state index contributed by atoms with van der Waals surface area (Å²) in [6.45, 7) is 9.86. The summed E-state index contributed by atoms with van der Waals surface area (Å²) in [7, 11) is -3.76. The fourth-order valence-corrected chi connectivity index (χ4v) is 3.83. The minimum absolute atomic E-state index is 0.0493. The van der Waals surface area contributed by atoms with Gasteiger partial charge in [-0.05, 0) is 52.7 Å². The molecule has 1 atom stereocenters. The highest BCUT2D eigenvalue weighted by molar-refractivity contribution is 7.86. The van der Waals surface area contributed by atoms with Crippen molar-refractivity contribution in [2.75, 3.05) is 46.2 Å². The predicted octanol–water partition coefficient (Wildman–Crippen LogP) is 3.37. The molecule has 1 aromatic rings. The molecule has 0 aliphatic carbocycles. The lowest BCUT2D eigenvalue weighted by Crippen LogP contribution is -2.37. The number of rotatable bonds is 19. The van der Waals surface area contributed by atoms with Crippen molar-refractivity contribution < 1.29 is 36.3 Å². The third kappa shape index (κ3) is 15.9. The zero-order valence-electron chi connectivity index (χ0n) is 21.6. The lowest BCUT2D eigenvalue weighted by Gasteiger charge is -2.22. The van der Waals surface area contributed by atoms with Crippen molar-refractivity contribution in [1.29, 1.82) is 0 Å². The number of unbranched alkanes of at least 4 members (excludes halogenated alkanes) is 3. The van der Waals surface area contributed by atoms with Gasteiger partial charge in [0, 0.05) is 6.61 Å². The minimum Gasteiger partial charge on any atom is -0.459 e. The van der Waals surface area contributed by atoms with Crippen molar-refractivity contribution in [1.82, 2.24) is 0 Å². The van der Waals surface area contributed by atoms with Gasteiger partial charge in [-0.15, -0.1) is 0 Å². The lowest BCUT2D eigenvalue weighted by atomic mass is 10.1. The van der Waals surface area contributed by atoms with Crippen LogP contribution < -0.4 is 5.73 Å². The summed E-state index contributed by atoms with van der Waals surface area (Å²) >= 11 is 0. The Kier molecular flexibility index (Phi) is 15.3. The largest absolute Gasteiger partial charge is 0.459 e. The second-order valence-corrected chi connectivity index (χ2v) is 10.9. The number of esters is 1. The Balaban J connectivity index is 1.88. The van der Waals surface area contributed by atoms with Crippen LogP contribution in [-0.4, -0.2) is 72.3 Å². The van der Waals surface area contributed by atoms with Crippen LogP contribution in [0.5, 0.6) is 0 Å². The number of aryl methyl sites for hydroxylation is 1. The van der Waals surface area contributed by atoms with E-state index in [0.29, 0.717) is 39.5 Å². The van der Waals surface area contributed by atoms with E-state index in [1.165, 1.54) is 12.1 Å². The molecule has 0 spiro atoms. The van der Waals surface area contributed by atoms with Crippen molar-refractivity contribution in [2.45, 2.75) is 76.3 Å². The highest BCUT2D eigenvalue weighted by atomic mass is 32.2. The van der Waals surface area contributed by atoms with Crippen LogP contribution in [0.25, 0.3) is 0 Å². The van der Waals surface area contributed by atoms with Crippen LogP contribution in [0.4, 0.5) is 0 Å². The first-order chi connectivity index (χ1) is 16.5. The molecule has 1 rings (SSSR count). The molecule has 2 N–H and O–H groups in total. The second-order valence-electron chi connectivity index (χ2n) is 9.27. The Bertz CT molecular complexity index is 806. The Morgan fingerprint density at radius 3 is 1.91 bits per heavy atom. The third-order valence-electron chi connectivity index (χ3n) is 4.78. The molecule has 1 aromatic carbocycles. The van der Waals surface area contributed by atoms with E-state index >= 15 is 0 Å². The fraction of sp³-hybridized carbons (Fsp3) is 0.720. The van der Waals surface area contributed by atoms with Gasteiger partial charge in [0.1, 0.15) is 11.6 Å². The van der Waals surface area contributed by atoms with Gasteiger partial charge in [0.05, 0.1) is 44.5 Å². The van der Waals surface area contributed by atoms with E-state index < -0.39 is 21.8 Å². The van der Waals surface area contributed by atoms with Gasteiger partial charge in [-0.3, -0.25) is 8.98 Å². The molecule has 35 heavy (non-hydrogen) atoms. The maximum absolute atomic E-state index is 12.0. The molecule has 10 heteroatoms. The molecular formula is C25H43NO8S. The first-order valence-electron chi connectivity index (χ1n) is 12.2. The monoisotopic (exact) mass is 517 g/mol. The SMILES string of the molecule is Cc1ccc(S(=O)(=O)OCCOCCOCCOCCCCCCC(N)C(=O)OC(C)(C)C)cc1. The number of benzene rings is 1. The van der Waals surface area contributed by atoms with Gasteiger partial charge >= 0.3 is 5.97 Å². The van der Waals surface area contributed by atoms with Crippen LogP contribution in [0.1, 0.15) is 58.4 Å². The molecule has 0 aliphatic rings. The Hall–Kier alpha value is -1.56. The normalized spacial score (nSPS) is 13.1. The summed E-state index contributed by atoms with van der Waals surface area (Å²) < 4.78 is 50.6. The van der Waals surface area contributed by atoms with Gasteiger partial charge < -0.3 is 24.7 Å². The highest BCUT2D eigenvalue weighted by Gasteiger charge is 2.21. The van der Waals surface area contributed by atoms with E-state index in [2.05, 4.69) is 0 Å². The molecule has 0 bridgehead atoms. The second kappa shape index (κ2) is 17.0. The number of carbonyl (C=O) groups is 1. The minimum atomic E-state index is -3.76. The molecule has 0 amide bonds. The van der Waals surface area contributed by atoms with Gasteiger partial charge in [0.25, 0.3) is 10.1 Å². The number of carbonyl (C=O) groups excluding carboxylic acids is 1. The number of nitrogens with two attached hydrogens (primary N) is 1. The summed E-state index contributed by atoms with van der Waals surface area (Å²) in [4.78, 5) is 11.9. The Labute approximate surface area is 210 Å². The fourth-order valence-electron chi connectivity index (χ4n) is 2.93. The maximum atomic E-state index is 12.0. The highest BCUT2D eigenvalue weighted by Crippen LogP contribution is 2.13. The van der Waals surface area contributed by atoms with E-state index in [0.717, 1.165) is 31.2 Å². The van der Waals surface area contributed by atoms with Crippen LogP contribution in [0.2, 0.25) is 0 Å². The van der Waals surface area contributed by atoms with Crippen LogP contribution in [-0.2, 0) is 38.0 Å². The first kappa shape index (κ1) is 31.5. The van der Waals surface area contributed by atoms with E-state index in [-0.39, 0.29) is 24.1 Å². The first-order valence-corrected chi connectivity index (χ1v) is 13.6. The molecule has 0 saturated heterocycles. The number of hydrogen-bond acceptors (Lipinski definition) is 9. The molecule has 0 aliphatic heterocycles. The van der Waals surface area contributed by atoms with Crippen LogP contribution >= 0.6 is 0 Å². The number of ether oxygens (including phenoxy) is 4. The van der Waals surface area contributed by atoms with Crippen molar-refractivity contribution in [2.24, 2.45) is 5.73 Å². The molecule has 1 unspecified atom stereocenters. The van der Waals surface area contributed by atoms with Gasteiger partial charge in [-0.1, -0.05) is 37.0 Å². The molecule has 0 saturated carbocycles. The maximum Gasteiger partial charge on any atom is 0.323 e. The summed E-state index contributed by atoms with van der Waals surface area (Å²) in [5.74, 6) is -0.342. The molecule has 0 fully saturated rings. The van der Waals surface area contributed by atoms with Crippen molar-refractivity contribution >= 4 is 16.1 Å². The summed E-state index contributed by atoms with van der Waals surface area (Å²) in [5.41, 5.74) is 6.34. The Morgan fingerprint density at radius 1 is 0.829 bits per heavy atom. The quantitative estimate of drug-likeness (QED) is 0.167. The van der Waals surface area contributed by atoms with E-state index in [9.17, 15) is 13.2 Å². The molecular weight excluding hydrogens is 474 g/mol. The zero-order valence-corrected chi connectivity index (χ0v) is 22.4. The smallest absolute Gasteiger partial charge is 0.323 e. The lowest BCUT2D eigenvalue weighted by molar-refractivity contribution is -0.156. The van der Waals surface area contributed by atoms with Crippen LogP contribution in [0.3, 0.4) is 0 Å². The third-order valence-corrected chi connectivity index (χ3v) is 6.11. The zero-order chi connectivity index (χ0) is 26.2. The molecule has 0 heterocycles. The average Bonchev–Trinajstić information content (AvgIpc) is 2.77. The van der Waals surface area contributed by atoms with Crippen molar-refractivity contribution in [3.63, 3.8) is 0 Å². The molecule has 0 radical (unpaired) electrons. The Morgan fingerprint density at radius 2 is 1.34 bits per heavy atom. The molecule has 9 nitrogen and oxygen atoms in total. The van der Waals surface area contributed by atoms with Gasteiger partial charge in [-0.2, -0.15) is 8.42 Å². The number of hydrogen-bond donors (Lipinski definition) is 1. The summed E-state index contributed by atoms with van der Waals surface area (Å²) in [6.07, 6.45) is 4.45. The predicted molar refractivity (Wildman–Crippen MR) is 134 cm³/mol. The van der Waals surface area contributed by atoms with E-state index in [4.69, 9.17) is 28.9 Å².